The molecule has 2 unspecified atom stereocenters. The first-order valence-electron chi connectivity index (χ1n) is 6.24. The molecule has 0 bridgehead atoms. The molecule has 100 valence electrons. The van der Waals surface area contributed by atoms with Crippen LogP contribution in [0.2, 0.25) is 0 Å². The van der Waals surface area contributed by atoms with Gasteiger partial charge in [-0.2, -0.15) is 5.10 Å². The Bertz CT molecular complexity index is 443. The molecule has 2 heterocycles. The van der Waals surface area contributed by atoms with Gasteiger partial charge in [0.2, 0.25) is 0 Å². The highest BCUT2D eigenvalue weighted by atomic mass is 16.5. The molecule has 0 radical (unpaired) electrons. The van der Waals surface area contributed by atoms with Crippen LogP contribution in [0.4, 0.5) is 5.82 Å². The van der Waals surface area contributed by atoms with Gasteiger partial charge in [0, 0.05) is 13.6 Å². The van der Waals surface area contributed by atoms with Crippen LogP contribution >= 0.6 is 0 Å². The quantitative estimate of drug-likeness (QED) is 0.838. The lowest BCUT2D eigenvalue weighted by atomic mass is 10.1. The van der Waals surface area contributed by atoms with Gasteiger partial charge in [-0.05, 0) is 13.3 Å². The second kappa shape index (κ2) is 4.97. The van der Waals surface area contributed by atoms with Crippen LogP contribution < -0.4 is 5.73 Å². The van der Waals surface area contributed by atoms with E-state index in [0.29, 0.717) is 24.5 Å². The Morgan fingerprint density at radius 1 is 1.67 bits per heavy atom. The summed E-state index contributed by atoms with van der Waals surface area (Å²) in [6, 6.07) is 0.119. The van der Waals surface area contributed by atoms with E-state index in [1.54, 1.807) is 7.05 Å². The molecular formula is C12H20N4O2. The molecule has 1 fully saturated rings. The lowest BCUT2D eigenvalue weighted by Gasteiger charge is -2.38. The molecule has 1 aromatic heterocycles. The van der Waals surface area contributed by atoms with Crippen molar-refractivity contribution in [2.45, 2.75) is 32.4 Å². The van der Waals surface area contributed by atoms with Crippen LogP contribution in [-0.2, 0) is 11.8 Å². The number of nitrogens with zero attached hydrogens (tertiary/aromatic N) is 3. The summed E-state index contributed by atoms with van der Waals surface area (Å²) in [5.74, 6) is 0.358. The summed E-state index contributed by atoms with van der Waals surface area (Å²) >= 11 is 0. The summed E-state index contributed by atoms with van der Waals surface area (Å²) in [5, 5.41) is 4.01. The lowest BCUT2D eigenvalue weighted by molar-refractivity contribution is -0.0443. The van der Waals surface area contributed by atoms with Crippen molar-refractivity contribution >= 4 is 11.7 Å². The molecule has 6 nitrogen and oxygen atoms in total. The number of anilines is 1. The molecule has 1 saturated heterocycles. The molecule has 0 saturated carbocycles. The maximum absolute atomic E-state index is 12.5. The Morgan fingerprint density at radius 2 is 2.39 bits per heavy atom. The van der Waals surface area contributed by atoms with Crippen molar-refractivity contribution in [1.82, 2.24) is 14.7 Å². The van der Waals surface area contributed by atoms with E-state index in [1.165, 1.54) is 10.9 Å². The zero-order valence-electron chi connectivity index (χ0n) is 11.1. The average molecular weight is 252 g/mol. The van der Waals surface area contributed by atoms with Gasteiger partial charge in [-0.25, -0.2) is 0 Å². The van der Waals surface area contributed by atoms with Crippen molar-refractivity contribution in [3.8, 4) is 0 Å². The predicted octanol–water partition coefficient (Wildman–Crippen LogP) is 0.642. The first kappa shape index (κ1) is 12.9. The Morgan fingerprint density at radius 3 is 2.94 bits per heavy atom. The Kier molecular flexibility index (Phi) is 3.56. The minimum atomic E-state index is -0.0531. The molecule has 2 atom stereocenters. The standard InChI is InChI=1S/C12H20N4O2/c1-4-9-7-18-8(2)6-16(9)12(17)10-5-14-15(3)11(10)13/h5,8-9H,4,6-7,13H2,1-3H3. The number of carbonyl (C=O) groups is 1. The number of aromatic nitrogens is 2. The number of hydrogen-bond donors (Lipinski definition) is 1. The molecule has 1 amide bonds. The SMILES string of the molecule is CCC1COC(C)CN1C(=O)c1cnn(C)c1N. The molecule has 0 aromatic carbocycles. The van der Waals surface area contributed by atoms with E-state index in [4.69, 9.17) is 10.5 Å². The summed E-state index contributed by atoms with van der Waals surface area (Å²) in [6.07, 6.45) is 2.47. The number of ether oxygens (including phenoxy) is 1. The van der Waals surface area contributed by atoms with Crippen molar-refractivity contribution < 1.29 is 9.53 Å². The number of nitrogens with two attached hydrogens (primary N) is 1. The van der Waals surface area contributed by atoms with E-state index in [9.17, 15) is 4.79 Å². The molecule has 6 heteroatoms. The van der Waals surface area contributed by atoms with Crippen molar-refractivity contribution in [1.29, 1.82) is 0 Å². The summed E-state index contributed by atoms with van der Waals surface area (Å²) in [6.45, 7) is 5.21. The van der Waals surface area contributed by atoms with Crippen LogP contribution in [0.1, 0.15) is 30.6 Å². The minimum absolute atomic E-state index is 0.0531. The summed E-state index contributed by atoms with van der Waals surface area (Å²) in [4.78, 5) is 14.3. The average Bonchev–Trinajstić information content (AvgIpc) is 2.69. The molecule has 2 rings (SSSR count). The molecule has 0 spiro atoms. The Hall–Kier alpha value is -1.56. The van der Waals surface area contributed by atoms with E-state index in [1.807, 2.05) is 11.8 Å². The highest BCUT2D eigenvalue weighted by molar-refractivity contribution is 5.98. The lowest BCUT2D eigenvalue weighted by Crippen LogP contribution is -2.51. The van der Waals surface area contributed by atoms with E-state index in [0.717, 1.165) is 6.42 Å². The van der Waals surface area contributed by atoms with Gasteiger partial charge in [-0.3, -0.25) is 9.48 Å². The van der Waals surface area contributed by atoms with Gasteiger partial charge in [0.15, 0.2) is 0 Å². The maximum Gasteiger partial charge on any atom is 0.259 e. The van der Waals surface area contributed by atoms with Crippen molar-refractivity contribution in [3.05, 3.63) is 11.8 Å². The summed E-state index contributed by atoms with van der Waals surface area (Å²) in [7, 11) is 1.73. The largest absolute Gasteiger partial charge is 0.383 e. The van der Waals surface area contributed by atoms with Gasteiger partial charge in [-0.15, -0.1) is 0 Å². The van der Waals surface area contributed by atoms with E-state index in [2.05, 4.69) is 12.0 Å². The fourth-order valence-corrected chi connectivity index (χ4v) is 2.20. The smallest absolute Gasteiger partial charge is 0.259 e. The highest BCUT2D eigenvalue weighted by Crippen LogP contribution is 2.20. The third-order valence-electron chi connectivity index (χ3n) is 3.41. The molecular weight excluding hydrogens is 232 g/mol. The van der Waals surface area contributed by atoms with Crippen LogP contribution in [0.25, 0.3) is 0 Å². The van der Waals surface area contributed by atoms with Crippen LogP contribution in [0.5, 0.6) is 0 Å². The number of amides is 1. The minimum Gasteiger partial charge on any atom is -0.383 e. The molecule has 2 N–H and O–H groups in total. The molecule has 1 aliphatic heterocycles. The van der Waals surface area contributed by atoms with E-state index < -0.39 is 0 Å². The first-order valence-corrected chi connectivity index (χ1v) is 6.24. The van der Waals surface area contributed by atoms with Crippen molar-refractivity contribution in [2.24, 2.45) is 7.05 Å². The zero-order valence-corrected chi connectivity index (χ0v) is 11.1. The summed E-state index contributed by atoms with van der Waals surface area (Å²) < 4.78 is 7.10. The van der Waals surface area contributed by atoms with Gasteiger partial charge in [-0.1, -0.05) is 6.92 Å². The normalized spacial score (nSPS) is 24.3. The van der Waals surface area contributed by atoms with Crippen LogP contribution in [0.15, 0.2) is 6.20 Å². The second-order valence-corrected chi connectivity index (χ2v) is 4.73. The van der Waals surface area contributed by atoms with E-state index in [-0.39, 0.29) is 18.1 Å². The Balaban J connectivity index is 2.23. The summed E-state index contributed by atoms with van der Waals surface area (Å²) in [5.41, 5.74) is 6.33. The number of carbonyl (C=O) groups excluding carboxylic acids is 1. The molecule has 1 aromatic rings. The van der Waals surface area contributed by atoms with Crippen LogP contribution in [0.3, 0.4) is 0 Å². The number of hydrogen-bond acceptors (Lipinski definition) is 4. The highest BCUT2D eigenvalue weighted by Gasteiger charge is 2.31. The van der Waals surface area contributed by atoms with Crippen molar-refractivity contribution in [2.75, 3.05) is 18.9 Å². The fraction of sp³-hybridized carbons (Fsp3) is 0.667. The van der Waals surface area contributed by atoms with Gasteiger partial charge < -0.3 is 15.4 Å². The van der Waals surface area contributed by atoms with Gasteiger partial charge >= 0.3 is 0 Å². The topological polar surface area (TPSA) is 73.4 Å². The van der Waals surface area contributed by atoms with E-state index >= 15 is 0 Å². The Labute approximate surface area is 107 Å². The predicted molar refractivity (Wildman–Crippen MR) is 68.1 cm³/mol. The maximum atomic E-state index is 12.5. The number of rotatable bonds is 2. The first-order chi connectivity index (χ1) is 8.54. The zero-order chi connectivity index (χ0) is 13.3. The van der Waals surface area contributed by atoms with Crippen LogP contribution in [0, 0.1) is 0 Å². The van der Waals surface area contributed by atoms with Gasteiger partial charge in [0.1, 0.15) is 11.4 Å². The van der Waals surface area contributed by atoms with Crippen LogP contribution in [-0.4, -0.2) is 45.9 Å². The number of morpholine rings is 1. The van der Waals surface area contributed by atoms with Gasteiger partial charge in [0.05, 0.1) is 24.9 Å². The number of nitrogen functional groups attached to an aromatic ring is 1. The van der Waals surface area contributed by atoms with Crippen molar-refractivity contribution in [3.63, 3.8) is 0 Å². The fourth-order valence-electron chi connectivity index (χ4n) is 2.20. The molecule has 0 aliphatic carbocycles. The number of aryl methyl sites for hydroxylation is 1. The third-order valence-corrected chi connectivity index (χ3v) is 3.41. The molecule has 1 aliphatic rings. The second-order valence-electron chi connectivity index (χ2n) is 4.73. The molecule has 18 heavy (non-hydrogen) atoms. The monoisotopic (exact) mass is 252 g/mol. The van der Waals surface area contributed by atoms with Gasteiger partial charge in [0.25, 0.3) is 5.91 Å². The third kappa shape index (κ3) is 2.20.